The van der Waals surface area contributed by atoms with Crippen LogP contribution in [0.1, 0.15) is 32.4 Å². The van der Waals surface area contributed by atoms with Gasteiger partial charge in [0.2, 0.25) is 0 Å². The Morgan fingerprint density at radius 3 is 2.65 bits per heavy atom. The van der Waals surface area contributed by atoms with Gasteiger partial charge in [0.15, 0.2) is 11.2 Å². The average Bonchev–Trinajstić information content (AvgIpc) is 3.19. The zero-order valence-corrected chi connectivity index (χ0v) is 20.1. The number of hydrogen-bond acceptors (Lipinski definition) is 5. The number of halogens is 1. The van der Waals surface area contributed by atoms with Gasteiger partial charge >= 0.3 is 0 Å². The number of hydrogen-bond donors (Lipinski definition) is 1. The van der Waals surface area contributed by atoms with E-state index in [1.807, 2.05) is 23.3 Å². The lowest BCUT2D eigenvalue weighted by Gasteiger charge is -2.39. The lowest BCUT2D eigenvalue weighted by molar-refractivity contribution is 0.232. The number of fused-ring (bicyclic) bond motifs is 4. The number of anilines is 1. The lowest BCUT2D eigenvalue weighted by atomic mass is 10.0. The van der Waals surface area contributed by atoms with E-state index in [1.54, 1.807) is 24.3 Å². The molecule has 1 aliphatic heterocycles. The third-order valence-corrected chi connectivity index (χ3v) is 7.05. The molecule has 0 unspecified atom stereocenters. The predicted molar refractivity (Wildman–Crippen MR) is 133 cm³/mol. The largest absolute Gasteiger partial charge is 0.494 e. The van der Waals surface area contributed by atoms with Gasteiger partial charge in [0.1, 0.15) is 17.1 Å². The fourth-order valence-corrected chi connectivity index (χ4v) is 5.14. The number of nitrogens with one attached hydrogen (secondary N) is 1. The smallest absolute Gasteiger partial charge is 0.199 e. The highest BCUT2D eigenvalue weighted by molar-refractivity contribution is 6.10. The zero-order valence-electron chi connectivity index (χ0n) is 20.1. The number of likely N-dealkylation sites (N-methyl/N-ethyl adjacent to an activating group) is 1. The second-order valence-electron chi connectivity index (χ2n) is 9.43. The van der Waals surface area contributed by atoms with E-state index in [1.165, 1.54) is 7.11 Å². The molecule has 3 heterocycles. The molecule has 0 aliphatic carbocycles. The monoisotopic (exact) mass is 461 g/mol. The van der Waals surface area contributed by atoms with Crippen molar-refractivity contribution in [3.05, 3.63) is 45.9 Å². The van der Waals surface area contributed by atoms with E-state index in [4.69, 9.17) is 4.74 Å². The summed E-state index contributed by atoms with van der Waals surface area (Å²) in [6.07, 6.45) is 0. The molecule has 0 radical (unpaired) electrons. The summed E-state index contributed by atoms with van der Waals surface area (Å²) in [5.74, 6) is -0.0877. The van der Waals surface area contributed by atoms with Crippen LogP contribution in [0.5, 0.6) is 5.75 Å². The summed E-state index contributed by atoms with van der Waals surface area (Å²) in [4.78, 5) is 21.3. The van der Waals surface area contributed by atoms with Crippen LogP contribution in [0.25, 0.3) is 32.8 Å². The van der Waals surface area contributed by atoms with Gasteiger partial charge in [-0.3, -0.25) is 4.79 Å². The molecular formula is C26H28FN5O2. The molecule has 0 amide bonds. The quantitative estimate of drug-likeness (QED) is 0.490. The number of nitriles is 1. The highest BCUT2D eigenvalue weighted by atomic mass is 19.1. The zero-order chi connectivity index (χ0) is 24.3. The number of aromatic nitrogens is 2. The Bertz CT molecular complexity index is 1550. The van der Waals surface area contributed by atoms with E-state index in [0.717, 1.165) is 6.54 Å². The van der Waals surface area contributed by atoms with Gasteiger partial charge in [-0.05, 0) is 46.0 Å². The Morgan fingerprint density at radius 2 is 2.00 bits per heavy atom. The fourth-order valence-electron chi connectivity index (χ4n) is 5.14. The summed E-state index contributed by atoms with van der Waals surface area (Å²) < 4.78 is 24.0. The average molecular weight is 462 g/mol. The van der Waals surface area contributed by atoms with Crippen molar-refractivity contribution in [2.45, 2.75) is 32.9 Å². The second kappa shape index (κ2) is 8.03. The molecule has 7 nitrogen and oxygen atoms in total. The van der Waals surface area contributed by atoms with Crippen molar-refractivity contribution >= 4 is 38.5 Å². The summed E-state index contributed by atoms with van der Waals surface area (Å²) in [5.41, 5.74) is 2.13. The van der Waals surface area contributed by atoms with Gasteiger partial charge in [-0.15, -0.1) is 0 Å². The Kier molecular flexibility index (Phi) is 5.25. The van der Waals surface area contributed by atoms with Crippen LogP contribution in [0.15, 0.2) is 29.1 Å². The SMILES string of the molecule is COc1cc2c(=O)c3c4ccc(C#N)cc4[nH]c3n(C(C)C)c2c(F)c1N1CCN(C)[C@H](C)C1. The fraction of sp³-hybridized carbons (Fsp3) is 0.385. The molecule has 2 aromatic heterocycles. The molecule has 2 aromatic carbocycles. The predicted octanol–water partition coefficient (Wildman–Crippen LogP) is 4.38. The number of pyridine rings is 1. The first-order chi connectivity index (χ1) is 16.3. The molecule has 1 aliphatic rings. The highest BCUT2D eigenvalue weighted by Gasteiger charge is 2.29. The van der Waals surface area contributed by atoms with Crippen LogP contribution in [0, 0.1) is 17.1 Å². The molecule has 0 spiro atoms. The third kappa shape index (κ3) is 3.15. The maximum atomic E-state index is 16.5. The normalized spacial score (nSPS) is 17.2. The molecule has 1 saturated heterocycles. The van der Waals surface area contributed by atoms with Crippen LogP contribution >= 0.6 is 0 Å². The molecule has 0 saturated carbocycles. The van der Waals surface area contributed by atoms with Crippen LogP contribution < -0.4 is 15.1 Å². The van der Waals surface area contributed by atoms with Crippen molar-refractivity contribution in [3.63, 3.8) is 0 Å². The van der Waals surface area contributed by atoms with Crippen molar-refractivity contribution in [1.82, 2.24) is 14.5 Å². The highest BCUT2D eigenvalue weighted by Crippen LogP contribution is 2.39. The molecule has 8 heteroatoms. The van der Waals surface area contributed by atoms with Crippen LogP contribution in [0.4, 0.5) is 10.1 Å². The van der Waals surface area contributed by atoms with Crippen molar-refractivity contribution in [2.75, 3.05) is 38.7 Å². The summed E-state index contributed by atoms with van der Waals surface area (Å²) in [6, 6.07) is 9.13. The van der Waals surface area contributed by atoms with E-state index < -0.39 is 5.82 Å². The number of aromatic amines is 1. The van der Waals surface area contributed by atoms with E-state index in [0.29, 0.717) is 52.0 Å². The maximum Gasteiger partial charge on any atom is 0.199 e. The van der Waals surface area contributed by atoms with Crippen molar-refractivity contribution in [2.24, 2.45) is 0 Å². The van der Waals surface area contributed by atoms with Gasteiger partial charge < -0.3 is 24.1 Å². The number of rotatable bonds is 3. The second-order valence-corrected chi connectivity index (χ2v) is 9.43. The molecule has 1 atom stereocenters. The first-order valence-corrected chi connectivity index (χ1v) is 11.5. The molecule has 176 valence electrons. The van der Waals surface area contributed by atoms with Crippen LogP contribution in [-0.4, -0.2) is 54.3 Å². The number of ether oxygens (including phenoxy) is 1. The minimum absolute atomic E-state index is 0.128. The van der Waals surface area contributed by atoms with Crippen molar-refractivity contribution < 1.29 is 9.13 Å². The van der Waals surface area contributed by atoms with Crippen LogP contribution in [-0.2, 0) is 0 Å². The van der Waals surface area contributed by atoms with Gasteiger partial charge in [0.05, 0.1) is 35.0 Å². The lowest BCUT2D eigenvalue weighted by Crippen LogP contribution is -2.50. The van der Waals surface area contributed by atoms with E-state index >= 15 is 4.39 Å². The Morgan fingerprint density at radius 1 is 1.24 bits per heavy atom. The number of methoxy groups -OCH3 is 1. The summed E-state index contributed by atoms with van der Waals surface area (Å²) in [5, 5.41) is 10.8. The molecule has 1 N–H and O–H groups in total. The Hall–Kier alpha value is -3.57. The standard InChI is InChI=1S/C26H28FN5O2/c1-14(2)32-23-18(25(33)21-17-7-6-16(12-28)10-19(17)29-26(21)32)11-20(34-5)24(22(23)27)31-9-8-30(4)15(3)13-31/h6-7,10-11,14-15,29H,8-9,13H2,1-5H3/t15-/m1/s1. The van der Waals surface area contributed by atoms with Gasteiger partial charge in [-0.1, -0.05) is 6.07 Å². The molecular weight excluding hydrogens is 433 g/mol. The maximum absolute atomic E-state index is 16.5. The summed E-state index contributed by atoms with van der Waals surface area (Å²) in [6.45, 7) is 8.18. The van der Waals surface area contributed by atoms with Gasteiger partial charge in [-0.25, -0.2) is 4.39 Å². The topological polar surface area (TPSA) is 77.3 Å². The summed E-state index contributed by atoms with van der Waals surface area (Å²) >= 11 is 0. The van der Waals surface area contributed by atoms with E-state index in [-0.39, 0.29) is 28.4 Å². The van der Waals surface area contributed by atoms with E-state index in [9.17, 15) is 10.1 Å². The number of benzene rings is 2. The first-order valence-electron chi connectivity index (χ1n) is 11.5. The Balaban J connectivity index is 1.90. The van der Waals surface area contributed by atoms with Crippen LogP contribution in [0.2, 0.25) is 0 Å². The minimum Gasteiger partial charge on any atom is -0.494 e. The first kappa shape index (κ1) is 22.2. The van der Waals surface area contributed by atoms with Gasteiger partial charge in [-0.2, -0.15) is 5.26 Å². The van der Waals surface area contributed by atoms with Crippen molar-refractivity contribution in [3.8, 4) is 11.8 Å². The molecule has 1 fully saturated rings. The molecule has 0 bridgehead atoms. The van der Waals surface area contributed by atoms with Crippen molar-refractivity contribution in [1.29, 1.82) is 5.26 Å². The minimum atomic E-state index is -0.449. The van der Waals surface area contributed by atoms with Gasteiger partial charge in [0, 0.05) is 42.6 Å². The third-order valence-electron chi connectivity index (χ3n) is 7.05. The Labute approximate surface area is 196 Å². The number of H-pyrrole nitrogens is 1. The van der Waals surface area contributed by atoms with Gasteiger partial charge in [0.25, 0.3) is 0 Å². The molecule has 34 heavy (non-hydrogen) atoms. The number of nitrogens with zero attached hydrogens (tertiary/aromatic N) is 4. The summed E-state index contributed by atoms with van der Waals surface area (Å²) in [7, 11) is 3.58. The van der Waals surface area contributed by atoms with E-state index in [2.05, 4.69) is 29.9 Å². The molecule has 4 aromatic rings. The van der Waals surface area contributed by atoms with Crippen LogP contribution in [0.3, 0.4) is 0 Å². The number of piperazine rings is 1. The molecule has 5 rings (SSSR count).